The first-order chi connectivity index (χ1) is 14.7. The first kappa shape index (κ1) is 22.9. The number of esters is 2. The molecular formula is C27H42O4. The van der Waals surface area contributed by atoms with Gasteiger partial charge in [0.2, 0.25) is 0 Å². The van der Waals surface area contributed by atoms with E-state index in [0.717, 1.165) is 49.4 Å². The maximum Gasteiger partial charge on any atom is 0.305 e. The molecule has 4 heteroatoms. The van der Waals surface area contributed by atoms with E-state index in [0.29, 0.717) is 17.8 Å². The van der Waals surface area contributed by atoms with Crippen LogP contribution in [0, 0.1) is 40.4 Å². The fourth-order valence-electron chi connectivity index (χ4n) is 8.59. The minimum absolute atomic E-state index is 0.0718. The Morgan fingerprint density at radius 3 is 2.61 bits per heavy atom. The second-order valence-electron chi connectivity index (χ2n) is 11.6. The molecule has 3 fully saturated rings. The highest BCUT2D eigenvalue weighted by Crippen LogP contribution is 2.67. The molecule has 0 aromatic carbocycles. The predicted molar refractivity (Wildman–Crippen MR) is 121 cm³/mol. The van der Waals surface area contributed by atoms with Crippen molar-refractivity contribution < 1.29 is 19.1 Å². The highest BCUT2D eigenvalue weighted by molar-refractivity contribution is 5.69. The molecule has 0 unspecified atom stereocenters. The first-order valence-corrected chi connectivity index (χ1v) is 12.6. The van der Waals surface area contributed by atoms with Crippen LogP contribution in [-0.2, 0) is 19.1 Å². The van der Waals surface area contributed by atoms with Crippen LogP contribution in [0.25, 0.3) is 0 Å². The summed E-state index contributed by atoms with van der Waals surface area (Å²) >= 11 is 0. The maximum atomic E-state index is 11.7. The van der Waals surface area contributed by atoms with Crippen LogP contribution in [-0.4, -0.2) is 25.2 Å². The van der Waals surface area contributed by atoms with Crippen molar-refractivity contribution in [3.8, 4) is 0 Å². The molecule has 0 heterocycles. The molecule has 3 saturated carbocycles. The third-order valence-corrected chi connectivity index (χ3v) is 10.2. The molecule has 0 radical (unpaired) electrons. The van der Waals surface area contributed by atoms with Crippen molar-refractivity contribution in [1.29, 1.82) is 0 Å². The van der Waals surface area contributed by atoms with Gasteiger partial charge in [-0.15, -0.1) is 0 Å². The zero-order valence-electron chi connectivity index (χ0n) is 20.2. The van der Waals surface area contributed by atoms with Gasteiger partial charge < -0.3 is 9.47 Å². The number of rotatable bonds is 5. The Morgan fingerprint density at radius 2 is 1.90 bits per heavy atom. The van der Waals surface area contributed by atoms with E-state index in [2.05, 4.69) is 26.8 Å². The molecule has 4 aliphatic rings. The van der Waals surface area contributed by atoms with Gasteiger partial charge in [0.25, 0.3) is 0 Å². The minimum Gasteiger partial charge on any atom is -0.469 e. The van der Waals surface area contributed by atoms with E-state index in [-0.39, 0.29) is 23.5 Å². The van der Waals surface area contributed by atoms with Crippen LogP contribution in [0.5, 0.6) is 0 Å². The van der Waals surface area contributed by atoms with E-state index in [9.17, 15) is 9.59 Å². The van der Waals surface area contributed by atoms with Crippen LogP contribution in [0.2, 0.25) is 0 Å². The topological polar surface area (TPSA) is 52.6 Å². The molecule has 0 aliphatic heterocycles. The van der Waals surface area contributed by atoms with Gasteiger partial charge in [-0.3, -0.25) is 9.59 Å². The fraction of sp³-hybridized carbons (Fsp3) is 0.852. The Morgan fingerprint density at radius 1 is 1.13 bits per heavy atom. The normalized spacial score (nSPS) is 42.5. The Bertz CT molecular complexity index is 742. The van der Waals surface area contributed by atoms with Gasteiger partial charge in [0.05, 0.1) is 7.11 Å². The number of carbonyl (C=O) groups excluding carboxylic acids is 2. The summed E-state index contributed by atoms with van der Waals surface area (Å²) in [6.07, 6.45) is 13.7. The average Bonchev–Trinajstić information content (AvgIpc) is 3.09. The highest BCUT2D eigenvalue weighted by Gasteiger charge is 2.59. The zero-order valence-corrected chi connectivity index (χ0v) is 20.2. The van der Waals surface area contributed by atoms with Crippen LogP contribution in [0.15, 0.2) is 11.6 Å². The number of hydrogen-bond donors (Lipinski definition) is 0. The van der Waals surface area contributed by atoms with Crippen LogP contribution >= 0.6 is 0 Å². The molecule has 0 spiro atoms. The Balaban J connectivity index is 1.48. The predicted octanol–water partition coefficient (Wildman–Crippen LogP) is 6.09. The van der Waals surface area contributed by atoms with Gasteiger partial charge in [0.1, 0.15) is 6.10 Å². The summed E-state index contributed by atoms with van der Waals surface area (Å²) < 4.78 is 10.5. The molecule has 0 bridgehead atoms. The first-order valence-electron chi connectivity index (χ1n) is 12.6. The summed E-state index contributed by atoms with van der Waals surface area (Å²) in [7, 11) is 1.49. The number of carbonyl (C=O) groups is 2. The molecular weight excluding hydrogens is 388 g/mol. The maximum absolute atomic E-state index is 11.7. The summed E-state index contributed by atoms with van der Waals surface area (Å²) in [5.41, 5.74) is 2.26. The van der Waals surface area contributed by atoms with Gasteiger partial charge in [0, 0.05) is 19.8 Å². The zero-order chi connectivity index (χ0) is 22.4. The van der Waals surface area contributed by atoms with Gasteiger partial charge in [0.15, 0.2) is 0 Å². The third kappa shape index (κ3) is 3.97. The number of ether oxygens (including phenoxy) is 2. The SMILES string of the molecule is COC(=O)CC[C@H](C)[C@H]1CC[C@H]2[C@@H]3CC=C4C[C@@H](OC(C)=O)CC[C@]4(C)[C@H]3CC[C@]12C. The van der Waals surface area contributed by atoms with E-state index in [4.69, 9.17) is 9.47 Å². The highest BCUT2D eigenvalue weighted by atomic mass is 16.5. The second kappa shape index (κ2) is 8.56. The quantitative estimate of drug-likeness (QED) is 0.391. The van der Waals surface area contributed by atoms with Gasteiger partial charge in [-0.2, -0.15) is 0 Å². The van der Waals surface area contributed by atoms with E-state index in [1.54, 1.807) is 5.57 Å². The lowest BCUT2D eigenvalue weighted by Gasteiger charge is -2.58. The van der Waals surface area contributed by atoms with Crippen molar-refractivity contribution in [2.75, 3.05) is 7.11 Å². The minimum atomic E-state index is -0.144. The smallest absolute Gasteiger partial charge is 0.305 e. The number of allylic oxidation sites excluding steroid dienone is 1. The molecule has 4 aliphatic carbocycles. The molecule has 0 N–H and O–H groups in total. The summed E-state index contributed by atoms with van der Waals surface area (Å²) in [5.74, 6) is 3.45. The van der Waals surface area contributed by atoms with Crippen LogP contribution in [0.4, 0.5) is 0 Å². The van der Waals surface area contributed by atoms with Gasteiger partial charge in [-0.05, 0) is 91.8 Å². The summed E-state index contributed by atoms with van der Waals surface area (Å²) in [4.78, 5) is 23.1. The lowest BCUT2D eigenvalue weighted by Crippen LogP contribution is -2.51. The lowest BCUT2D eigenvalue weighted by molar-refractivity contribution is -0.148. The largest absolute Gasteiger partial charge is 0.469 e. The molecule has 4 rings (SSSR count). The lowest BCUT2D eigenvalue weighted by atomic mass is 9.47. The molecule has 4 nitrogen and oxygen atoms in total. The molecule has 0 amide bonds. The standard InChI is InChI=1S/C27H42O4/c1-17(6-11-25(29)30-5)22-9-10-23-21-8-7-19-16-20(31-18(2)28)12-14-26(19,3)24(21)13-15-27(22,23)4/h7,17,20-24H,6,8-16H2,1-5H3/t17-,20-,21-,22+,23-,24-,26-,27+/m0/s1. The monoisotopic (exact) mass is 430 g/mol. The molecule has 0 aromatic heterocycles. The van der Waals surface area contributed by atoms with Gasteiger partial charge >= 0.3 is 11.9 Å². The number of fused-ring (bicyclic) bond motifs is 5. The number of hydrogen-bond acceptors (Lipinski definition) is 4. The van der Waals surface area contributed by atoms with Crippen LogP contribution in [0.1, 0.15) is 91.9 Å². The molecule has 174 valence electrons. The Kier molecular flexibility index (Phi) is 6.31. The second-order valence-corrected chi connectivity index (χ2v) is 11.6. The van der Waals surface area contributed by atoms with E-state index in [1.807, 2.05) is 0 Å². The van der Waals surface area contributed by atoms with E-state index >= 15 is 0 Å². The molecule has 0 saturated heterocycles. The Hall–Kier alpha value is -1.32. The number of methoxy groups -OCH3 is 1. The fourth-order valence-corrected chi connectivity index (χ4v) is 8.59. The average molecular weight is 431 g/mol. The Labute approximate surface area is 188 Å². The van der Waals surface area contributed by atoms with Gasteiger partial charge in [-0.1, -0.05) is 32.4 Å². The van der Waals surface area contributed by atoms with Crippen molar-refractivity contribution in [2.45, 2.75) is 98.0 Å². The summed E-state index contributed by atoms with van der Waals surface area (Å²) in [6.45, 7) is 8.97. The van der Waals surface area contributed by atoms with E-state index < -0.39 is 0 Å². The van der Waals surface area contributed by atoms with Crippen molar-refractivity contribution in [3.63, 3.8) is 0 Å². The third-order valence-electron chi connectivity index (χ3n) is 10.2. The summed E-state index contributed by atoms with van der Waals surface area (Å²) in [6, 6.07) is 0. The molecule has 31 heavy (non-hydrogen) atoms. The van der Waals surface area contributed by atoms with Gasteiger partial charge in [-0.25, -0.2) is 0 Å². The van der Waals surface area contributed by atoms with Crippen molar-refractivity contribution in [3.05, 3.63) is 11.6 Å². The molecule has 0 aromatic rings. The van der Waals surface area contributed by atoms with Crippen molar-refractivity contribution >= 4 is 11.9 Å². The van der Waals surface area contributed by atoms with E-state index in [1.165, 1.54) is 46.1 Å². The molecule has 8 atom stereocenters. The van der Waals surface area contributed by atoms with Crippen molar-refractivity contribution in [2.24, 2.45) is 40.4 Å². The summed E-state index contributed by atoms with van der Waals surface area (Å²) in [5, 5.41) is 0. The van der Waals surface area contributed by atoms with Crippen molar-refractivity contribution in [1.82, 2.24) is 0 Å². The van der Waals surface area contributed by atoms with Crippen LogP contribution < -0.4 is 0 Å². The van der Waals surface area contributed by atoms with Crippen LogP contribution in [0.3, 0.4) is 0 Å².